The Morgan fingerprint density at radius 2 is 1.25 bits per heavy atom. The molecule has 5 rings (SSSR count). The summed E-state index contributed by atoms with van der Waals surface area (Å²) in [5.41, 5.74) is 26.2. The number of para-hydroxylation sites is 1. The number of unbranched alkanes of at least 4 members (excludes halogenated alkanes) is 1. The number of rotatable bonds is 27. The summed E-state index contributed by atoms with van der Waals surface area (Å²) >= 11 is 0. The summed E-state index contributed by atoms with van der Waals surface area (Å²) in [6.07, 6.45) is 4.31. The third-order valence-corrected chi connectivity index (χ3v) is 12.6. The van der Waals surface area contributed by atoms with E-state index in [4.69, 9.17) is 28.3 Å². The van der Waals surface area contributed by atoms with Gasteiger partial charge >= 0.3 is 0 Å². The van der Waals surface area contributed by atoms with E-state index in [9.17, 15) is 33.6 Å². The number of nitrogens with zero attached hydrogens (tertiary/aromatic N) is 1. The molecule has 20 nitrogen and oxygen atoms in total. The van der Waals surface area contributed by atoms with Crippen LogP contribution in [0.25, 0.3) is 10.9 Å². The van der Waals surface area contributed by atoms with Crippen molar-refractivity contribution in [2.45, 2.75) is 120 Å². The van der Waals surface area contributed by atoms with Gasteiger partial charge in [0.25, 0.3) is 0 Å². The highest BCUT2D eigenvalue weighted by Gasteiger charge is 2.40. The Kier molecular flexibility index (Phi) is 20.9. The second-order valence-corrected chi connectivity index (χ2v) is 18.4. The van der Waals surface area contributed by atoms with Crippen LogP contribution in [0.3, 0.4) is 0 Å². The quantitative estimate of drug-likeness (QED) is 0.0221. The van der Waals surface area contributed by atoms with E-state index in [2.05, 4.69) is 36.9 Å². The van der Waals surface area contributed by atoms with Crippen LogP contribution >= 0.6 is 0 Å². The molecule has 1 aromatic heterocycles. The van der Waals surface area contributed by atoms with E-state index in [1.165, 1.54) is 4.90 Å². The summed E-state index contributed by atoms with van der Waals surface area (Å²) in [7, 11) is 0. The van der Waals surface area contributed by atoms with E-state index in [-0.39, 0.29) is 57.1 Å². The second kappa shape index (κ2) is 27.2. The summed E-state index contributed by atoms with van der Waals surface area (Å²) in [6, 6.07) is 17.9. The van der Waals surface area contributed by atoms with Gasteiger partial charge in [0.15, 0.2) is 5.96 Å². The summed E-state index contributed by atoms with van der Waals surface area (Å²) in [5.74, 6) is -4.98. The van der Waals surface area contributed by atoms with Crippen LogP contribution in [0, 0.1) is 11.3 Å². The van der Waals surface area contributed by atoms with Crippen molar-refractivity contribution >= 4 is 58.2 Å². The van der Waals surface area contributed by atoms with Crippen molar-refractivity contribution in [3.8, 4) is 0 Å². The third kappa shape index (κ3) is 16.4. The van der Waals surface area contributed by atoms with E-state index in [0.29, 0.717) is 49.8 Å². The number of amides is 7. The zero-order valence-corrected chi connectivity index (χ0v) is 40.6. The summed E-state index contributed by atoms with van der Waals surface area (Å²) in [5, 5.41) is 25.2. The van der Waals surface area contributed by atoms with Crippen molar-refractivity contribution in [3.05, 3.63) is 108 Å². The van der Waals surface area contributed by atoms with Crippen LogP contribution < -0.4 is 54.8 Å². The molecule has 71 heavy (non-hydrogen) atoms. The molecule has 4 aromatic rings. The number of primary amides is 1. The summed E-state index contributed by atoms with van der Waals surface area (Å²) < 4.78 is 0. The Bertz CT molecular complexity index is 2430. The van der Waals surface area contributed by atoms with Crippen molar-refractivity contribution in [1.29, 1.82) is 5.41 Å². The van der Waals surface area contributed by atoms with Gasteiger partial charge in [-0.3, -0.25) is 39.0 Å². The maximum absolute atomic E-state index is 14.8. The standard InChI is InChI=1S/C51H71N13O7/c1-31(2)43(44(54)65)63-49(70)42-23-14-26-64(42)50(71)39(21-11-12-24-52)60-47(68)40(28-33-17-7-4-8-18-33)61-48(69)41(29-34-30-58-37-20-10-9-19-35(34)37)62-46(67)38(22-13-25-57-51(55)56)59-45(66)36(53)27-32-15-5-3-6-16-32/h3-10,15-20,30-31,36,38-43,58H,11-14,21-29,52-53H2,1-2H3,(H2,54,65)(H,59,66)(H,60,68)(H,61,69)(H,62,67)(H,63,70)(H4,55,56,57)/t36-,38+,39+,40+,41-,42+,43+/m1/s1. The Hall–Kier alpha value is -7.32. The molecule has 20 heteroatoms. The molecule has 1 aliphatic heterocycles. The molecule has 0 spiro atoms. The fourth-order valence-corrected chi connectivity index (χ4v) is 8.71. The minimum Gasteiger partial charge on any atom is -0.370 e. The summed E-state index contributed by atoms with van der Waals surface area (Å²) in [6.45, 7) is 4.29. The van der Waals surface area contributed by atoms with Crippen molar-refractivity contribution in [2.24, 2.45) is 28.9 Å². The predicted molar refractivity (Wildman–Crippen MR) is 271 cm³/mol. The number of fused-ring (bicyclic) bond motifs is 1. The number of aromatic nitrogens is 1. The number of nitrogens with one attached hydrogen (secondary N) is 8. The molecule has 7 amide bonds. The highest BCUT2D eigenvalue weighted by atomic mass is 16.2. The van der Waals surface area contributed by atoms with Crippen molar-refractivity contribution in [3.63, 3.8) is 0 Å². The first-order valence-electron chi connectivity index (χ1n) is 24.3. The molecular weight excluding hydrogens is 907 g/mol. The zero-order chi connectivity index (χ0) is 51.5. The Balaban J connectivity index is 1.43. The van der Waals surface area contributed by atoms with E-state index in [0.717, 1.165) is 16.5 Å². The lowest BCUT2D eigenvalue weighted by molar-refractivity contribution is -0.142. The van der Waals surface area contributed by atoms with Crippen LogP contribution in [0.4, 0.5) is 0 Å². The SMILES string of the molecule is CC(C)[C@H](NC(=O)[C@@H]1CCCN1C(=O)[C@H](CCCCN)NC(=O)[C@H](Cc1ccccc1)NC(=O)[C@@H](Cc1c[nH]c2ccccc12)NC(=O)[C@H](CCCNC(=N)N)NC(=O)[C@H](N)Cc1ccccc1)C(N)=O. The fraction of sp³-hybridized carbons (Fsp3) is 0.451. The molecule has 0 radical (unpaired) electrons. The number of benzene rings is 3. The molecule has 382 valence electrons. The molecule has 0 unspecified atom stereocenters. The number of likely N-dealkylation sites (tertiary alicyclic amines) is 1. The van der Waals surface area contributed by atoms with E-state index in [1.807, 2.05) is 60.7 Å². The van der Waals surface area contributed by atoms with Gasteiger partial charge < -0.3 is 64.7 Å². The lowest BCUT2D eigenvalue weighted by Gasteiger charge is -2.31. The summed E-state index contributed by atoms with van der Waals surface area (Å²) in [4.78, 5) is 102. The zero-order valence-electron chi connectivity index (χ0n) is 40.6. The largest absolute Gasteiger partial charge is 0.370 e. The molecular formula is C51H71N13O7. The predicted octanol–water partition coefficient (Wildman–Crippen LogP) is 0.472. The average molecular weight is 978 g/mol. The van der Waals surface area contributed by atoms with Gasteiger partial charge in [-0.25, -0.2) is 0 Å². The van der Waals surface area contributed by atoms with Crippen molar-refractivity contribution in [1.82, 2.24) is 41.8 Å². The average Bonchev–Trinajstić information content (AvgIpc) is 4.01. The number of H-pyrrole nitrogens is 1. The third-order valence-electron chi connectivity index (χ3n) is 12.6. The number of aromatic amines is 1. The molecule has 0 aliphatic carbocycles. The van der Waals surface area contributed by atoms with Gasteiger partial charge in [0.05, 0.1) is 6.04 Å². The van der Waals surface area contributed by atoms with E-state index >= 15 is 0 Å². The Labute approximate surface area is 414 Å². The van der Waals surface area contributed by atoms with Gasteiger partial charge in [0, 0.05) is 43.0 Å². The van der Waals surface area contributed by atoms with Gasteiger partial charge in [0.2, 0.25) is 41.4 Å². The van der Waals surface area contributed by atoms with Crippen molar-refractivity contribution < 1.29 is 33.6 Å². The molecule has 16 N–H and O–H groups in total. The van der Waals surface area contributed by atoms with Gasteiger partial charge in [-0.05, 0) is 86.6 Å². The number of nitrogens with two attached hydrogens (primary N) is 4. The minimum atomic E-state index is -1.30. The van der Waals surface area contributed by atoms with Crippen LogP contribution in [0.2, 0.25) is 0 Å². The molecule has 0 bridgehead atoms. The van der Waals surface area contributed by atoms with Gasteiger partial charge in [-0.15, -0.1) is 0 Å². The second-order valence-electron chi connectivity index (χ2n) is 18.4. The first kappa shape index (κ1) is 54.6. The molecule has 1 aliphatic rings. The lowest BCUT2D eigenvalue weighted by Crippen LogP contribution is -2.60. The van der Waals surface area contributed by atoms with Crippen molar-refractivity contribution in [2.75, 3.05) is 19.6 Å². The smallest absolute Gasteiger partial charge is 0.245 e. The first-order chi connectivity index (χ1) is 34.1. The van der Waals surface area contributed by atoms with E-state index in [1.54, 1.807) is 44.3 Å². The number of hydrogen-bond donors (Lipinski definition) is 12. The van der Waals surface area contributed by atoms with Crippen LogP contribution in [-0.2, 0) is 52.8 Å². The maximum Gasteiger partial charge on any atom is 0.245 e. The lowest BCUT2D eigenvalue weighted by atomic mass is 10.0. The van der Waals surface area contributed by atoms with E-state index < -0.39 is 83.6 Å². The minimum absolute atomic E-state index is 0.00450. The van der Waals surface area contributed by atoms with Crippen LogP contribution in [0.15, 0.2) is 91.1 Å². The van der Waals surface area contributed by atoms with Gasteiger partial charge in [-0.2, -0.15) is 0 Å². The first-order valence-corrected chi connectivity index (χ1v) is 24.3. The topological polar surface area (TPSA) is 339 Å². The molecule has 7 atom stereocenters. The molecule has 1 saturated heterocycles. The monoisotopic (exact) mass is 978 g/mol. The molecule has 2 heterocycles. The Morgan fingerprint density at radius 3 is 1.87 bits per heavy atom. The number of hydrogen-bond acceptors (Lipinski definition) is 10. The maximum atomic E-state index is 14.8. The van der Waals surface area contributed by atoms with Gasteiger partial charge in [-0.1, -0.05) is 92.7 Å². The Morgan fingerprint density at radius 1 is 0.690 bits per heavy atom. The highest BCUT2D eigenvalue weighted by Crippen LogP contribution is 2.22. The van der Waals surface area contributed by atoms with Gasteiger partial charge in [0.1, 0.15) is 36.3 Å². The number of guanidine groups is 1. The number of carbonyl (C=O) groups is 7. The van der Waals surface area contributed by atoms with Crippen LogP contribution in [-0.4, -0.2) is 119 Å². The highest BCUT2D eigenvalue weighted by molar-refractivity contribution is 5.98. The molecule has 0 saturated carbocycles. The molecule has 3 aromatic carbocycles. The number of carbonyl (C=O) groups excluding carboxylic acids is 7. The fourth-order valence-electron chi connectivity index (χ4n) is 8.71. The van der Waals surface area contributed by atoms with Crippen LogP contribution in [0.5, 0.6) is 0 Å². The van der Waals surface area contributed by atoms with Crippen LogP contribution in [0.1, 0.15) is 75.5 Å². The normalized spacial score (nSPS) is 15.9. The molecule has 1 fully saturated rings.